The van der Waals surface area contributed by atoms with Gasteiger partial charge in [-0.05, 0) is 42.5 Å². The molecule has 2 aromatic heterocycles. The van der Waals surface area contributed by atoms with Crippen molar-refractivity contribution in [1.82, 2.24) is 19.7 Å². The monoisotopic (exact) mass is 525 g/mol. The van der Waals surface area contributed by atoms with Gasteiger partial charge in [0.25, 0.3) is 0 Å². The second-order valence-electron chi connectivity index (χ2n) is 9.28. The van der Waals surface area contributed by atoms with Gasteiger partial charge < -0.3 is 10.1 Å². The number of nitrogens with zero attached hydrogens (tertiary/aromatic N) is 4. The molecule has 1 saturated carbocycles. The van der Waals surface area contributed by atoms with Crippen molar-refractivity contribution < 1.29 is 27.1 Å². The molecule has 11 heteroatoms. The van der Waals surface area contributed by atoms with Crippen LogP contribution >= 0.6 is 0 Å². The van der Waals surface area contributed by atoms with Gasteiger partial charge in [0.15, 0.2) is 0 Å². The first kappa shape index (κ1) is 25.4. The van der Waals surface area contributed by atoms with Crippen molar-refractivity contribution in [2.24, 2.45) is 12.5 Å². The number of ketones is 1. The van der Waals surface area contributed by atoms with E-state index in [0.717, 1.165) is 6.26 Å². The summed E-state index contributed by atoms with van der Waals surface area (Å²) < 4.78 is 61.6. The van der Waals surface area contributed by atoms with E-state index in [9.17, 15) is 22.4 Å². The Morgan fingerprint density at radius 3 is 2.58 bits per heavy atom. The number of carbonyl (C=O) groups is 1. The van der Waals surface area contributed by atoms with Crippen molar-refractivity contribution in [3.05, 3.63) is 83.6 Å². The second-order valence-corrected chi connectivity index (χ2v) is 9.28. The van der Waals surface area contributed by atoms with Gasteiger partial charge in [0.2, 0.25) is 5.95 Å². The molecule has 0 radical (unpaired) electrons. The Bertz CT molecular complexity index is 1460. The predicted octanol–water partition coefficient (Wildman–Crippen LogP) is 5.95. The molecule has 1 aromatic carbocycles. The molecule has 38 heavy (non-hydrogen) atoms. The normalized spacial score (nSPS) is 15.9. The van der Waals surface area contributed by atoms with Gasteiger partial charge in [-0.1, -0.05) is 17.9 Å². The third-order valence-electron chi connectivity index (χ3n) is 6.66. The first-order valence-corrected chi connectivity index (χ1v) is 11.9. The molecule has 3 aromatic rings. The third-order valence-corrected chi connectivity index (χ3v) is 6.66. The molecular formula is C27H23F4N5O2. The highest BCUT2D eigenvalue weighted by Crippen LogP contribution is 2.63. The van der Waals surface area contributed by atoms with E-state index in [4.69, 9.17) is 4.74 Å². The quantitative estimate of drug-likeness (QED) is 0.275. The summed E-state index contributed by atoms with van der Waals surface area (Å²) in [6.07, 6.45) is 2.86. The molecular weight excluding hydrogens is 502 g/mol. The Morgan fingerprint density at radius 2 is 1.95 bits per heavy atom. The number of aryl methyl sites for hydroxylation is 1. The minimum atomic E-state index is -4.39. The van der Waals surface area contributed by atoms with Crippen LogP contribution in [0.4, 0.5) is 29.3 Å². The number of benzene rings is 1. The minimum absolute atomic E-state index is 0.0177. The number of Topliss-reactive ketones (excluding diaryl/α,β-unsaturated/α-hetero) is 1. The van der Waals surface area contributed by atoms with Crippen molar-refractivity contribution in [1.29, 1.82) is 0 Å². The lowest BCUT2D eigenvalue weighted by Gasteiger charge is -2.22. The average Bonchev–Trinajstić information content (AvgIpc) is 3.63. The van der Waals surface area contributed by atoms with Crippen LogP contribution in [0.5, 0.6) is 0 Å². The zero-order valence-corrected chi connectivity index (χ0v) is 20.3. The smallest absolute Gasteiger partial charge is 0.401 e. The fourth-order valence-corrected chi connectivity index (χ4v) is 4.19. The van der Waals surface area contributed by atoms with Gasteiger partial charge in [0, 0.05) is 49.5 Å². The van der Waals surface area contributed by atoms with Crippen LogP contribution in [0.25, 0.3) is 11.1 Å². The van der Waals surface area contributed by atoms with Crippen molar-refractivity contribution in [3.8, 4) is 11.1 Å². The first-order valence-electron chi connectivity index (χ1n) is 11.9. The number of rotatable bonds is 9. The number of halogens is 4. The SMILES string of the molecule is Cn1nccc1Nc1ncc(-c2ccc(CC(=O)CCC3=C=COC(C4(C(F)(F)F)CC4)=C3)c(F)c2)cn1. The molecule has 1 N–H and O–H groups in total. The summed E-state index contributed by atoms with van der Waals surface area (Å²) in [4.78, 5) is 21.0. The number of hydrogen-bond donors (Lipinski definition) is 1. The van der Waals surface area contributed by atoms with E-state index in [-0.39, 0.29) is 49.2 Å². The number of aromatic nitrogens is 4. The molecule has 2 aliphatic rings. The summed E-state index contributed by atoms with van der Waals surface area (Å²) in [5, 5.41) is 7.08. The van der Waals surface area contributed by atoms with Crippen molar-refractivity contribution in [2.45, 2.75) is 38.3 Å². The van der Waals surface area contributed by atoms with Crippen LogP contribution in [0.1, 0.15) is 31.2 Å². The second kappa shape index (κ2) is 9.90. The van der Waals surface area contributed by atoms with Crippen LogP contribution in [0.3, 0.4) is 0 Å². The van der Waals surface area contributed by atoms with Crippen LogP contribution in [0.2, 0.25) is 0 Å². The van der Waals surface area contributed by atoms with Crippen LogP contribution in [-0.4, -0.2) is 31.7 Å². The number of nitrogens with one attached hydrogen (secondary N) is 1. The van der Waals surface area contributed by atoms with Gasteiger partial charge in [-0.25, -0.2) is 14.4 Å². The molecule has 0 unspecified atom stereocenters. The maximum absolute atomic E-state index is 14.8. The summed E-state index contributed by atoms with van der Waals surface area (Å²) in [6.45, 7) is 0. The van der Waals surface area contributed by atoms with Gasteiger partial charge in [0.1, 0.15) is 34.9 Å². The largest absolute Gasteiger partial charge is 0.460 e. The van der Waals surface area contributed by atoms with Crippen LogP contribution in [-0.2, 0) is 23.0 Å². The molecule has 1 aliphatic heterocycles. The van der Waals surface area contributed by atoms with E-state index in [2.05, 4.69) is 26.1 Å². The van der Waals surface area contributed by atoms with E-state index in [1.807, 2.05) is 0 Å². The molecule has 0 spiro atoms. The number of allylic oxidation sites excluding steroid dienone is 3. The lowest BCUT2D eigenvalue weighted by Crippen LogP contribution is -2.27. The summed E-state index contributed by atoms with van der Waals surface area (Å²) in [5.41, 5.74) is 2.66. The van der Waals surface area contributed by atoms with E-state index in [0.29, 0.717) is 28.5 Å². The number of ether oxygens (including phenoxy) is 1. The molecule has 1 fully saturated rings. The number of carbonyl (C=O) groups excluding carboxylic acids is 1. The highest BCUT2D eigenvalue weighted by atomic mass is 19.4. The maximum atomic E-state index is 14.8. The first-order chi connectivity index (χ1) is 18.1. The molecule has 0 atom stereocenters. The fourth-order valence-electron chi connectivity index (χ4n) is 4.19. The van der Waals surface area contributed by atoms with Crippen LogP contribution < -0.4 is 5.32 Å². The zero-order valence-electron chi connectivity index (χ0n) is 20.3. The van der Waals surface area contributed by atoms with E-state index in [1.54, 1.807) is 42.5 Å². The van der Waals surface area contributed by atoms with Gasteiger partial charge in [-0.15, -0.1) is 0 Å². The Hall–Kier alpha value is -4.24. The highest BCUT2D eigenvalue weighted by molar-refractivity contribution is 5.81. The topological polar surface area (TPSA) is 81.9 Å². The summed E-state index contributed by atoms with van der Waals surface area (Å²) in [6, 6.07) is 6.31. The number of anilines is 2. The molecule has 0 amide bonds. The molecule has 196 valence electrons. The highest BCUT2D eigenvalue weighted by Gasteiger charge is 2.67. The van der Waals surface area contributed by atoms with Gasteiger partial charge >= 0.3 is 6.18 Å². The standard InChI is InChI=1S/C27H23F4N5O2/c1-36-24(6-10-34-36)35-25-32-15-20(16-33-25)18-3-4-19(22(28)14-18)13-21(37)5-2-17-7-11-38-23(12-17)26(8-9-26)27(29,30)31/h3-4,6,10-12,14-16H,2,5,8-9,13H2,1H3,(H,32,33,35). The zero-order chi connectivity index (χ0) is 26.9. The Balaban J connectivity index is 1.18. The van der Waals surface area contributed by atoms with Gasteiger partial charge in [0.05, 0.1) is 6.20 Å². The molecule has 1 aliphatic carbocycles. The Kier molecular flexibility index (Phi) is 6.62. The van der Waals surface area contributed by atoms with Crippen LogP contribution in [0, 0.1) is 11.2 Å². The molecule has 7 nitrogen and oxygen atoms in total. The molecule has 3 heterocycles. The Labute approximate surface area is 215 Å². The van der Waals surface area contributed by atoms with Gasteiger partial charge in [-0.2, -0.15) is 18.3 Å². The number of hydrogen-bond acceptors (Lipinski definition) is 6. The van der Waals surface area contributed by atoms with Gasteiger partial charge in [-0.3, -0.25) is 9.48 Å². The van der Waals surface area contributed by atoms with Crippen LogP contribution in [0.15, 0.2) is 72.3 Å². The van der Waals surface area contributed by atoms with Crippen molar-refractivity contribution in [3.63, 3.8) is 0 Å². The van der Waals surface area contributed by atoms with E-state index >= 15 is 0 Å². The summed E-state index contributed by atoms with van der Waals surface area (Å²) in [7, 11) is 1.78. The molecule has 0 bridgehead atoms. The maximum Gasteiger partial charge on any atom is 0.401 e. The average molecular weight is 526 g/mol. The van der Waals surface area contributed by atoms with Crippen molar-refractivity contribution >= 4 is 17.5 Å². The van der Waals surface area contributed by atoms with E-state index < -0.39 is 17.4 Å². The number of alkyl halides is 3. The van der Waals surface area contributed by atoms with E-state index in [1.165, 1.54) is 18.2 Å². The predicted molar refractivity (Wildman–Crippen MR) is 130 cm³/mol. The third kappa shape index (κ3) is 5.24. The lowest BCUT2D eigenvalue weighted by molar-refractivity contribution is -0.183. The fraction of sp³-hybridized carbons (Fsp3) is 0.296. The minimum Gasteiger partial charge on any atom is -0.460 e. The Morgan fingerprint density at radius 1 is 1.18 bits per heavy atom. The molecule has 0 saturated heterocycles. The summed E-state index contributed by atoms with van der Waals surface area (Å²) in [5.74, 6) is 0.144. The van der Waals surface area contributed by atoms with Crippen molar-refractivity contribution in [2.75, 3.05) is 5.32 Å². The summed E-state index contributed by atoms with van der Waals surface area (Å²) >= 11 is 0. The lowest BCUT2D eigenvalue weighted by atomic mass is 9.97. The molecule has 5 rings (SSSR count).